The van der Waals surface area contributed by atoms with Gasteiger partial charge in [-0.3, -0.25) is 4.98 Å². The van der Waals surface area contributed by atoms with Crippen LogP contribution in [0.2, 0.25) is 0 Å². The first-order chi connectivity index (χ1) is 11.6. The van der Waals surface area contributed by atoms with Gasteiger partial charge in [0.2, 0.25) is 0 Å². The average Bonchev–Trinajstić information content (AvgIpc) is 2.61. The minimum atomic E-state index is 0.266. The van der Waals surface area contributed by atoms with Crippen molar-refractivity contribution < 1.29 is 9.47 Å². The first kappa shape index (κ1) is 16.1. The van der Waals surface area contributed by atoms with Crippen molar-refractivity contribution in [2.75, 3.05) is 7.11 Å². The summed E-state index contributed by atoms with van der Waals surface area (Å²) in [7, 11) is 1.66. The summed E-state index contributed by atoms with van der Waals surface area (Å²) < 4.78 is 11.6. The average molecular weight is 319 g/mol. The maximum atomic E-state index is 6.24. The third-order valence-electron chi connectivity index (χ3n) is 3.92. The molecule has 3 nitrogen and oxygen atoms in total. The summed E-state index contributed by atoms with van der Waals surface area (Å²) in [6.45, 7) is 8.22. The first-order valence-corrected chi connectivity index (χ1v) is 8.01. The van der Waals surface area contributed by atoms with Crippen LogP contribution in [0.25, 0.3) is 17.0 Å². The predicted molar refractivity (Wildman–Crippen MR) is 99.0 cm³/mol. The fourth-order valence-electron chi connectivity index (χ4n) is 2.73. The number of methoxy groups -OCH3 is 1. The van der Waals surface area contributed by atoms with E-state index in [9.17, 15) is 0 Å². The first-order valence-electron chi connectivity index (χ1n) is 8.01. The molecule has 3 aromatic rings. The van der Waals surface area contributed by atoms with Gasteiger partial charge in [0, 0.05) is 10.9 Å². The zero-order valence-corrected chi connectivity index (χ0v) is 14.2. The Bertz CT molecular complexity index is 870. The van der Waals surface area contributed by atoms with E-state index in [1.54, 1.807) is 7.11 Å². The largest absolute Gasteiger partial charge is 0.497 e. The van der Waals surface area contributed by atoms with Gasteiger partial charge in [0.15, 0.2) is 0 Å². The van der Waals surface area contributed by atoms with E-state index in [1.165, 1.54) is 0 Å². The van der Waals surface area contributed by atoms with Gasteiger partial charge in [0.1, 0.15) is 17.2 Å². The molecule has 3 heteroatoms. The number of nitrogens with zero attached hydrogens (tertiary/aromatic N) is 1. The van der Waals surface area contributed by atoms with E-state index in [0.29, 0.717) is 0 Å². The van der Waals surface area contributed by atoms with Gasteiger partial charge in [0.05, 0.1) is 18.3 Å². The molecule has 122 valence electrons. The van der Waals surface area contributed by atoms with Gasteiger partial charge in [-0.2, -0.15) is 0 Å². The number of aromatic nitrogens is 1. The quantitative estimate of drug-likeness (QED) is 0.595. The van der Waals surface area contributed by atoms with Crippen LogP contribution in [0, 0.1) is 0 Å². The van der Waals surface area contributed by atoms with Crippen LogP contribution in [0.3, 0.4) is 0 Å². The lowest BCUT2D eigenvalue weighted by Crippen LogP contribution is -2.01. The maximum Gasteiger partial charge on any atom is 0.145 e. The summed E-state index contributed by atoms with van der Waals surface area (Å²) >= 11 is 0. The highest BCUT2D eigenvalue weighted by Crippen LogP contribution is 2.38. The fraction of sp³-hybridized carbons (Fsp3) is 0.190. The SMILES string of the molecule is C=Cc1c(C(C)C)nc2ccc(OC)cc2c1Oc1ccccc1. The Kier molecular flexibility index (Phi) is 4.52. The van der Waals surface area contributed by atoms with Crippen molar-refractivity contribution in [1.82, 2.24) is 4.98 Å². The van der Waals surface area contributed by atoms with Crippen LogP contribution >= 0.6 is 0 Å². The standard InChI is InChI=1S/C21H21NO2/c1-5-17-20(14(2)3)22-19-12-11-16(23-4)13-18(19)21(17)24-15-9-7-6-8-10-15/h5-14H,1H2,2-4H3. The van der Waals surface area contributed by atoms with Crippen molar-refractivity contribution in [2.24, 2.45) is 0 Å². The van der Waals surface area contributed by atoms with Gasteiger partial charge in [-0.15, -0.1) is 0 Å². The molecule has 24 heavy (non-hydrogen) atoms. The van der Waals surface area contributed by atoms with Crippen LogP contribution in [-0.4, -0.2) is 12.1 Å². The molecule has 0 aliphatic carbocycles. The molecule has 0 spiro atoms. The fourth-order valence-corrected chi connectivity index (χ4v) is 2.73. The van der Waals surface area contributed by atoms with Crippen LogP contribution in [-0.2, 0) is 0 Å². The zero-order chi connectivity index (χ0) is 17.1. The van der Waals surface area contributed by atoms with Crippen molar-refractivity contribution in [3.8, 4) is 17.2 Å². The van der Waals surface area contributed by atoms with Crippen molar-refractivity contribution in [2.45, 2.75) is 19.8 Å². The molecule has 0 bridgehead atoms. The summed E-state index contributed by atoms with van der Waals surface area (Å²) in [4.78, 5) is 4.82. The molecule has 0 aliphatic rings. The lowest BCUT2D eigenvalue weighted by molar-refractivity contribution is 0.415. The van der Waals surface area contributed by atoms with Crippen LogP contribution in [0.5, 0.6) is 17.2 Å². The molecular weight excluding hydrogens is 298 g/mol. The van der Waals surface area contributed by atoms with Crippen molar-refractivity contribution >= 4 is 17.0 Å². The van der Waals surface area contributed by atoms with Gasteiger partial charge in [0.25, 0.3) is 0 Å². The normalized spacial score (nSPS) is 10.8. The summed E-state index contributed by atoms with van der Waals surface area (Å²) in [5.74, 6) is 2.59. The molecule has 0 fully saturated rings. The molecule has 3 rings (SSSR count). The smallest absolute Gasteiger partial charge is 0.145 e. The summed E-state index contributed by atoms with van der Waals surface area (Å²) in [6.07, 6.45) is 1.82. The highest BCUT2D eigenvalue weighted by molar-refractivity contribution is 5.91. The molecule has 0 unspecified atom stereocenters. The van der Waals surface area contributed by atoms with Crippen LogP contribution in [0.15, 0.2) is 55.1 Å². The van der Waals surface area contributed by atoms with Gasteiger partial charge in [-0.05, 0) is 36.2 Å². The Balaban J connectivity index is 2.29. The second-order valence-corrected chi connectivity index (χ2v) is 5.90. The summed E-state index contributed by atoms with van der Waals surface area (Å²) in [5.41, 5.74) is 2.79. The van der Waals surface area contributed by atoms with Crippen LogP contribution < -0.4 is 9.47 Å². The van der Waals surface area contributed by atoms with E-state index in [0.717, 1.165) is 39.4 Å². The van der Waals surface area contributed by atoms with Gasteiger partial charge in [-0.25, -0.2) is 0 Å². The van der Waals surface area contributed by atoms with Crippen molar-refractivity contribution in [3.63, 3.8) is 0 Å². The van der Waals surface area contributed by atoms with E-state index < -0.39 is 0 Å². The van der Waals surface area contributed by atoms with Gasteiger partial charge < -0.3 is 9.47 Å². The maximum absolute atomic E-state index is 6.24. The van der Waals surface area contributed by atoms with E-state index >= 15 is 0 Å². The third-order valence-corrected chi connectivity index (χ3v) is 3.92. The molecule has 1 aromatic heterocycles. The number of hydrogen-bond donors (Lipinski definition) is 0. The summed E-state index contributed by atoms with van der Waals surface area (Å²) in [5, 5.41) is 0.914. The molecule has 0 amide bonds. The van der Waals surface area contributed by atoms with Crippen molar-refractivity contribution in [1.29, 1.82) is 0 Å². The zero-order valence-electron chi connectivity index (χ0n) is 14.2. The second-order valence-electron chi connectivity index (χ2n) is 5.90. The molecule has 2 aromatic carbocycles. The van der Waals surface area contributed by atoms with Crippen LogP contribution in [0.1, 0.15) is 31.0 Å². The molecular formula is C21H21NO2. The minimum absolute atomic E-state index is 0.266. The highest BCUT2D eigenvalue weighted by Gasteiger charge is 2.17. The van der Waals surface area contributed by atoms with E-state index in [1.807, 2.05) is 54.6 Å². The van der Waals surface area contributed by atoms with Crippen molar-refractivity contribution in [3.05, 3.63) is 66.4 Å². The Hall–Kier alpha value is -2.81. The molecule has 1 heterocycles. The second kappa shape index (κ2) is 6.75. The highest BCUT2D eigenvalue weighted by atomic mass is 16.5. The minimum Gasteiger partial charge on any atom is -0.497 e. The Morgan fingerprint density at radius 2 is 1.79 bits per heavy atom. The number of rotatable bonds is 5. The molecule has 0 aliphatic heterocycles. The predicted octanol–water partition coefficient (Wildman–Crippen LogP) is 5.80. The monoisotopic (exact) mass is 319 g/mol. The van der Waals surface area contributed by atoms with E-state index in [4.69, 9.17) is 14.5 Å². The molecule has 0 saturated heterocycles. The van der Waals surface area contributed by atoms with E-state index in [-0.39, 0.29) is 5.92 Å². The molecule has 0 atom stereocenters. The Morgan fingerprint density at radius 1 is 1.04 bits per heavy atom. The van der Waals surface area contributed by atoms with Gasteiger partial charge >= 0.3 is 0 Å². The molecule has 0 saturated carbocycles. The number of benzene rings is 2. The Morgan fingerprint density at radius 3 is 2.42 bits per heavy atom. The lowest BCUT2D eigenvalue weighted by Gasteiger charge is -2.18. The summed E-state index contributed by atoms with van der Waals surface area (Å²) in [6, 6.07) is 15.6. The van der Waals surface area contributed by atoms with E-state index in [2.05, 4.69) is 20.4 Å². The van der Waals surface area contributed by atoms with Crippen LogP contribution in [0.4, 0.5) is 0 Å². The molecule has 0 N–H and O–H groups in total. The topological polar surface area (TPSA) is 31.4 Å². The number of ether oxygens (including phenoxy) is 2. The number of pyridine rings is 1. The molecule has 0 radical (unpaired) electrons. The Labute approximate surface area is 142 Å². The number of fused-ring (bicyclic) bond motifs is 1. The number of para-hydroxylation sites is 1. The number of hydrogen-bond acceptors (Lipinski definition) is 3. The van der Waals surface area contributed by atoms with Gasteiger partial charge in [-0.1, -0.05) is 44.7 Å². The third kappa shape index (κ3) is 2.98. The lowest BCUT2D eigenvalue weighted by atomic mass is 10.00.